The predicted octanol–water partition coefficient (Wildman–Crippen LogP) is 2.30. The van der Waals surface area contributed by atoms with Gasteiger partial charge in [-0.15, -0.1) is 11.6 Å². The molecule has 19 heavy (non-hydrogen) atoms. The van der Waals surface area contributed by atoms with Crippen molar-refractivity contribution in [1.82, 2.24) is 14.5 Å². The second-order valence-corrected chi connectivity index (χ2v) is 5.02. The first-order chi connectivity index (χ1) is 9.13. The summed E-state index contributed by atoms with van der Waals surface area (Å²) in [6.45, 7) is 0.643. The number of benzene rings is 1. The molecule has 1 amide bonds. The first kappa shape index (κ1) is 13.9. The van der Waals surface area contributed by atoms with Crippen LogP contribution in [0.25, 0.3) is 11.0 Å². The Bertz CT molecular complexity index is 577. The number of carbonyl (C=O) groups excluding carboxylic acids is 1. The van der Waals surface area contributed by atoms with E-state index in [4.69, 9.17) is 11.6 Å². The van der Waals surface area contributed by atoms with E-state index >= 15 is 0 Å². The summed E-state index contributed by atoms with van der Waals surface area (Å²) in [5.74, 6) is 1.60. The lowest BCUT2D eigenvalue weighted by molar-refractivity contribution is -0.128. The molecule has 0 unspecified atom stereocenters. The minimum absolute atomic E-state index is 0.120. The van der Waals surface area contributed by atoms with Gasteiger partial charge >= 0.3 is 0 Å². The molecule has 0 fully saturated rings. The third-order valence-corrected chi connectivity index (χ3v) is 3.29. The quantitative estimate of drug-likeness (QED) is 0.788. The lowest BCUT2D eigenvalue weighted by atomic mass is 10.3. The van der Waals surface area contributed by atoms with Crippen molar-refractivity contribution in [2.24, 2.45) is 0 Å². The first-order valence-corrected chi connectivity index (χ1v) is 6.87. The molecule has 0 atom stereocenters. The van der Waals surface area contributed by atoms with Crippen LogP contribution >= 0.6 is 11.6 Å². The molecule has 0 spiro atoms. The fourth-order valence-electron chi connectivity index (χ4n) is 2.08. The molecule has 0 aliphatic rings. The molecule has 1 aromatic carbocycles. The summed E-state index contributed by atoms with van der Waals surface area (Å²) in [4.78, 5) is 17.9. The molecular formula is C14H18ClN3O. The van der Waals surface area contributed by atoms with E-state index < -0.39 is 0 Å². The van der Waals surface area contributed by atoms with Crippen molar-refractivity contribution < 1.29 is 4.79 Å². The van der Waals surface area contributed by atoms with E-state index in [9.17, 15) is 4.79 Å². The van der Waals surface area contributed by atoms with E-state index in [1.54, 1.807) is 19.0 Å². The minimum atomic E-state index is 0.120. The van der Waals surface area contributed by atoms with Crippen LogP contribution in [0, 0.1) is 0 Å². The number of aromatic nitrogens is 2. The van der Waals surface area contributed by atoms with Gasteiger partial charge in [0.25, 0.3) is 0 Å². The maximum absolute atomic E-state index is 11.7. The largest absolute Gasteiger partial charge is 0.349 e. The molecule has 0 saturated carbocycles. The third-order valence-electron chi connectivity index (χ3n) is 3.10. The summed E-state index contributed by atoms with van der Waals surface area (Å²) in [6, 6.07) is 7.96. The van der Waals surface area contributed by atoms with Gasteiger partial charge in [-0.3, -0.25) is 4.79 Å². The fraction of sp³-hybridized carbons (Fsp3) is 0.429. The lowest BCUT2D eigenvalue weighted by Gasteiger charge is -2.12. The van der Waals surface area contributed by atoms with Crippen molar-refractivity contribution in [3.05, 3.63) is 30.1 Å². The van der Waals surface area contributed by atoms with E-state index in [1.165, 1.54) is 0 Å². The Kier molecular flexibility index (Phi) is 4.43. The van der Waals surface area contributed by atoms with Crippen molar-refractivity contribution in [3.8, 4) is 0 Å². The summed E-state index contributed by atoms with van der Waals surface area (Å²) in [7, 11) is 3.54. The van der Waals surface area contributed by atoms with Crippen molar-refractivity contribution in [2.45, 2.75) is 19.4 Å². The van der Waals surface area contributed by atoms with Crippen LogP contribution in [0.3, 0.4) is 0 Å². The third kappa shape index (κ3) is 3.07. The number of hydrogen-bond acceptors (Lipinski definition) is 2. The number of alkyl halides is 1. The van der Waals surface area contributed by atoms with Gasteiger partial charge in [0.15, 0.2) is 0 Å². The molecule has 1 heterocycles. The van der Waals surface area contributed by atoms with Gasteiger partial charge in [0.2, 0.25) is 5.91 Å². The molecule has 0 N–H and O–H groups in total. The summed E-state index contributed by atoms with van der Waals surface area (Å²) < 4.78 is 2.10. The molecule has 2 aromatic rings. The molecular weight excluding hydrogens is 262 g/mol. The molecule has 0 aliphatic heterocycles. The van der Waals surface area contributed by atoms with Crippen LogP contribution in [0.1, 0.15) is 12.2 Å². The Morgan fingerprint density at radius 3 is 2.79 bits per heavy atom. The molecule has 4 nitrogen and oxygen atoms in total. The van der Waals surface area contributed by atoms with Gasteiger partial charge in [-0.2, -0.15) is 0 Å². The van der Waals surface area contributed by atoms with Gasteiger partial charge in [0.05, 0.1) is 11.0 Å². The number of para-hydroxylation sites is 2. The average Bonchev–Trinajstić information content (AvgIpc) is 2.74. The fourth-order valence-corrected chi connectivity index (χ4v) is 2.25. The summed E-state index contributed by atoms with van der Waals surface area (Å²) in [5, 5.41) is 0. The van der Waals surface area contributed by atoms with E-state index in [-0.39, 0.29) is 5.91 Å². The zero-order valence-electron chi connectivity index (χ0n) is 11.3. The Hall–Kier alpha value is -1.55. The summed E-state index contributed by atoms with van der Waals surface area (Å²) >= 11 is 5.82. The van der Waals surface area contributed by atoms with Crippen LogP contribution in [0.5, 0.6) is 0 Å². The first-order valence-electron chi connectivity index (χ1n) is 6.33. The monoisotopic (exact) mass is 279 g/mol. The second kappa shape index (κ2) is 6.06. The Morgan fingerprint density at radius 1 is 1.37 bits per heavy atom. The summed E-state index contributed by atoms with van der Waals surface area (Å²) in [5.41, 5.74) is 2.02. The molecule has 2 rings (SSSR count). The second-order valence-electron chi connectivity index (χ2n) is 4.65. The van der Waals surface area contributed by atoms with Crippen LogP contribution in [0.15, 0.2) is 24.3 Å². The van der Waals surface area contributed by atoms with Crippen LogP contribution in [-0.4, -0.2) is 40.3 Å². The van der Waals surface area contributed by atoms with Crippen LogP contribution < -0.4 is 0 Å². The molecule has 0 saturated heterocycles. The van der Waals surface area contributed by atoms with Gasteiger partial charge in [-0.25, -0.2) is 4.98 Å². The molecule has 0 bridgehead atoms. The van der Waals surface area contributed by atoms with Crippen LogP contribution in [0.2, 0.25) is 0 Å². The molecule has 1 aromatic heterocycles. The Balaban J connectivity index is 2.28. The van der Waals surface area contributed by atoms with E-state index in [0.29, 0.717) is 25.3 Å². The maximum Gasteiger partial charge on any atom is 0.223 e. The number of fused-ring (bicyclic) bond motifs is 1. The minimum Gasteiger partial charge on any atom is -0.349 e. The van der Waals surface area contributed by atoms with E-state index in [0.717, 1.165) is 16.9 Å². The topological polar surface area (TPSA) is 38.1 Å². The normalized spacial score (nSPS) is 10.9. The highest BCUT2D eigenvalue weighted by atomic mass is 35.5. The average molecular weight is 280 g/mol. The van der Waals surface area contributed by atoms with Crippen LogP contribution in [-0.2, 0) is 17.8 Å². The number of aryl methyl sites for hydroxylation is 2. The van der Waals surface area contributed by atoms with Crippen LogP contribution in [0.4, 0.5) is 0 Å². The van der Waals surface area contributed by atoms with Crippen molar-refractivity contribution in [1.29, 1.82) is 0 Å². The maximum atomic E-state index is 11.7. The predicted molar refractivity (Wildman–Crippen MR) is 77.5 cm³/mol. The zero-order valence-corrected chi connectivity index (χ0v) is 12.0. The number of carbonyl (C=O) groups is 1. The number of hydrogen-bond donors (Lipinski definition) is 0. The molecule has 0 radical (unpaired) electrons. The zero-order chi connectivity index (χ0) is 13.8. The number of halogens is 1. The van der Waals surface area contributed by atoms with Gasteiger partial charge < -0.3 is 9.47 Å². The van der Waals surface area contributed by atoms with Gasteiger partial charge in [0.1, 0.15) is 5.82 Å². The number of rotatable bonds is 5. The van der Waals surface area contributed by atoms with Gasteiger partial charge in [-0.1, -0.05) is 12.1 Å². The molecule has 102 valence electrons. The van der Waals surface area contributed by atoms with Crippen molar-refractivity contribution >= 4 is 28.5 Å². The summed E-state index contributed by atoms with van der Waals surface area (Å²) in [6.07, 6.45) is 1.19. The Labute approximate surface area is 118 Å². The standard InChI is InChI=1S/C14H18ClN3O/c1-17(2)14(19)8-10-18-12-6-4-3-5-11(12)16-13(18)7-9-15/h3-6H,7-10H2,1-2H3. The Morgan fingerprint density at radius 2 is 2.11 bits per heavy atom. The smallest absolute Gasteiger partial charge is 0.223 e. The van der Waals surface area contributed by atoms with Crippen molar-refractivity contribution in [2.75, 3.05) is 20.0 Å². The molecule has 0 aliphatic carbocycles. The van der Waals surface area contributed by atoms with Gasteiger partial charge in [0, 0.05) is 39.4 Å². The highest BCUT2D eigenvalue weighted by molar-refractivity contribution is 6.17. The number of amides is 1. The lowest BCUT2D eigenvalue weighted by Crippen LogP contribution is -2.23. The highest BCUT2D eigenvalue weighted by Gasteiger charge is 2.12. The number of imidazole rings is 1. The van der Waals surface area contributed by atoms with Gasteiger partial charge in [-0.05, 0) is 12.1 Å². The van der Waals surface area contributed by atoms with E-state index in [1.807, 2.05) is 24.3 Å². The highest BCUT2D eigenvalue weighted by Crippen LogP contribution is 2.17. The molecule has 5 heteroatoms. The number of nitrogens with zero attached hydrogens (tertiary/aromatic N) is 3. The van der Waals surface area contributed by atoms with E-state index in [2.05, 4.69) is 9.55 Å². The van der Waals surface area contributed by atoms with Crippen molar-refractivity contribution in [3.63, 3.8) is 0 Å². The SMILES string of the molecule is CN(C)C(=O)CCn1c(CCCl)nc2ccccc21.